The predicted molar refractivity (Wildman–Crippen MR) is 100.0 cm³/mol. The molecule has 1 fully saturated rings. The van der Waals surface area contributed by atoms with Crippen molar-refractivity contribution in [1.82, 2.24) is 5.32 Å². The molecule has 0 aliphatic heterocycles. The Morgan fingerprint density at radius 2 is 1.69 bits per heavy atom. The summed E-state index contributed by atoms with van der Waals surface area (Å²) >= 11 is 0. The number of nitrogens with one attached hydrogen (secondary N) is 2. The van der Waals surface area contributed by atoms with Crippen LogP contribution in [-0.2, 0) is 9.59 Å². The van der Waals surface area contributed by atoms with E-state index < -0.39 is 17.9 Å². The first-order valence-electron chi connectivity index (χ1n) is 9.31. The van der Waals surface area contributed by atoms with Gasteiger partial charge in [-0.05, 0) is 43.5 Å². The number of aliphatic carboxylic acids is 1. The minimum Gasteiger partial charge on any atom is -0.480 e. The van der Waals surface area contributed by atoms with Crippen LogP contribution in [0.1, 0.15) is 62.7 Å². The molecule has 0 aromatic heterocycles. The molecular formula is C20H28N2O4. The van der Waals surface area contributed by atoms with Gasteiger partial charge in [-0.3, -0.25) is 14.4 Å². The molecule has 1 aromatic rings. The van der Waals surface area contributed by atoms with E-state index in [1.807, 2.05) is 6.92 Å². The second-order valence-electron chi connectivity index (χ2n) is 7.24. The Bertz CT molecular complexity index is 636. The van der Waals surface area contributed by atoms with Gasteiger partial charge in [0.1, 0.15) is 6.04 Å². The molecule has 6 heteroatoms. The van der Waals surface area contributed by atoms with Gasteiger partial charge in [-0.25, -0.2) is 0 Å². The van der Waals surface area contributed by atoms with Crippen LogP contribution >= 0.6 is 0 Å². The van der Waals surface area contributed by atoms with E-state index in [0.29, 0.717) is 17.2 Å². The molecule has 142 valence electrons. The highest BCUT2D eigenvalue weighted by Crippen LogP contribution is 2.29. The van der Waals surface area contributed by atoms with E-state index in [4.69, 9.17) is 5.11 Å². The molecule has 2 rings (SSSR count). The molecule has 0 bridgehead atoms. The molecular weight excluding hydrogens is 332 g/mol. The summed E-state index contributed by atoms with van der Waals surface area (Å²) in [4.78, 5) is 35.1. The smallest absolute Gasteiger partial charge is 0.325 e. The number of anilines is 1. The van der Waals surface area contributed by atoms with Crippen LogP contribution in [0.4, 0.5) is 5.69 Å². The van der Waals surface area contributed by atoms with Gasteiger partial charge in [-0.1, -0.05) is 39.0 Å². The quantitative estimate of drug-likeness (QED) is 0.694. The molecule has 0 spiro atoms. The van der Waals surface area contributed by atoms with Crippen molar-refractivity contribution in [2.75, 3.05) is 5.32 Å². The van der Waals surface area contributed by atoms with E-state index in [9.17, 15) is 14.4 Å². The topological polar surface area (TPSA) is 95.5 Å². The molecule has 1 aliphatic rings. The van der Waals surface area contributed by atoms with Gasteiger partial charge in [-0.15, -0.1) is 0 Å². The van der Waals surface area contributed by atoms with Crippen LogP contribution < -0.4 is 10.6 Å². The molecule has 0 heterocycles. The second kappa shape index (κ2) is 9.36. The molecule has 2 amide bonds. The van der Waals surface area contributed by atoms with Crippen LogP contribution in [0, 0.1) is 11.8 Å². The number of hydrogen-bond acceptors (Lipinski definition) is 3. The molecule has 1 aliphatic carbocycles. The number of carbonyl (C=O) groups excluding carboxylic acids is 2. The standard InChI is InChI=1S/C20H28N2O4/c1-13(12-15-6-4-3-5-7-15)18(23)22-17-10-8-16(9-11-17)19(24)21-14(2)20(25)26/h8-11,13-15H,3-7,12H2,1-2H3,(H,21,24)(H,22,23)(H,25,26). The van der Waals surface area contributed by atoms with E-state index in [2.05, 4.69) is 10.6 Å². The Labute approximate surface area is 154 Å². The molecule has 0 radical (unpaired) electrons. The molecule has 1 saturated carbocycles. The fourth-order valence-corrected chi connectivity index (χ4v) is 3.34. The van der Waals surface area contributed by atoms with Crippen molar-refractivity contribution in [2.45, 2.75) is 58.4 Å². The first-order chi connectivity index (χ1) is 12.4. The van der Waals surface area contributed by atoms with Crippen molar-refractivity contribution >= 4 is 23.5 Å². The summed E-state index contributed by atoms with van der Waals surface area (Å²) in [5, 5.41) is 14.1. The van der Waals surface area contributed by atoms with Gasteiger partial charge in [0.05, 0.1) is 0 Å². The van der Waals surface area contributed by atoms with E-state index in [1.54, 1.807) is 24.3 Å². The molecule has 2 unspecified atom stereocenters. The van der Waals surface area contributed by atoms with Gasteiger partial charge in [0.15, 0.2) is 0 Å². The zero-order valence-electron chi connectivity index (χ0n) is 15.5. The molecule has 3 N–H and O–H groups in total. The third kappa shape index (κ3) is 5.86. The molecule has 1 aromatic carbocycles. The van der Waals surface area contributed by atoms with Crippen molar-refractivity contribution < 1.29 is 19.5 Å². The number of carboxylic acid groups (broad SMARTS) is 1. The number of amides is 2. The van der Waals surface area contributed by atoms with Crippen molar-refractivity contribution in [3.8, 4) is 0 Å². The molecule has 26 heavy (non-hydrogen) atoms. The first-order valence-corrected chi connectivity index (χ1v) is 9.31. The van der Waals surface area contributed by atoms with Gasteiger partial charge in [0.2, 0.25) is 5.91 Å². The SMILES string of the molecule is CC(CC1CCCCC1)C(=O)Nc1ccc(C(=O)NC(C)C(=O)O)cc1. The van der Waals surface area contributed by atoms with Gasteiger partial charge in [0, 0.05) is 17.2 Å². The Balaban J connectivity index is 1.86. The average molecular weight is 360 g/mol. The minimum absolute atomic E-state index is 0.00715. The van der Waals surface area contributed by atoms with Crippen LogP contribution in [0.15, 0.2) is 24.3 Å². The predicted octanol–water partition coefficient (Wildman–Crippen LogP) is 3.43. The lowest BCUT2D eigenvalue weighted by atomic mass is 9.83. The molecule has 2 atom stereocenters. The summed E-state index contributed by atoms with van der Waals surface area (Å²) in [6.07, 6.45) is 7.19. The van der Waals surface area contributed by atoms with Crippen molar-refractivity contribution in [3.63, 3.8) is 0 Å². The highest BCUT2D eigenvalue weighted by atomic mass is 16.4. The van der Waals surface area contributed by atoms with Crippen LogP contribution in [0.25, 0.3) is 0 Å². The maximum absolute atomic E-state index is 12.4. The summed E-state index contributed by atoms with van der Waals surface area (Å²) in [6, 6.07) is 5.51. The summed E-state index contributed by atoms with van der Waals surface area (Å²) in [5.74, 6) is -0.950. The highest BCUT2D eigenvalue weighted by Gasteiger charge is 2.21. The van der Waals surface area contributed by atoms with Crippen LogP contribution in [0.2, 0.25) is 0 Å². The largest absolute Gasteiger partial charge is 0.480 e. The number of hydrogen-bond donors (Lipinski definition) is 3. The fraction of sp³-hybridized carbons (Fsp3) is 0.550. The Kier molecular flexibility index (Phi) is 7.18. The van der Waals surface area contributed by atoms with E-state index >= 15 is 0 Å². The Hall–Kier alpha value is -2.37. The van der Waals surface area contributed by atoms with Crippen molar-refractivity contribution in [1.29, 1.82) is 0 Å². The highest BCUT2D eigenvalue weighted by molar-refractivity contribution is 5.97. The number of carboxylic acids is 1. The van der Waals surface area contributed by atoms with E-state index in [0.717, 1.165) is 6.42 Å². The lowest BCUT2D eigenvalue weighted by Crippen LogP contribution is -2.38. The van der Waals surface area contributed by atoms with Gasteiger partial charge in [0.25, 0.3) is 5.91 Å². The summed E-state index contributed by atoms with van der Waals surface area (Å²) < 4.78 is 0. The van der Waals surface area contributed by atoms with Crippen LogP contribution in [0.3, 0.4) is 0 Å². The van der Waals surface area contributed by atoms with Gasteiger partial charge < -0.3 is 15.7 Å². The van der Waals surface area contributed by atoms with Crippen molar-refractivity contribution in [2.24, 2.45) is 11.8 Å². The van der Waals surface area contributed by atoms with Crippen molar-refractivity contribution in [3.05, 3.63) is 29.8 Å². The number of rotatable bonds is 7. The normalized spacial score (nSPS) is 17.2. The monoisotopic (exact) mass is 360 g/mol. The van der Waals surface area contributed by atoms with E-state index in [-0.39, 0.29) is 11.8 Å². The van der Waals surface area contributed by atoms with Crippen LogP contribution in [0.5, 0.6) is 0 Å². The Morgan fingerprint density at radius 1 is 1.08 bits per heavy atom. The lowest BCUT2D eigenvalue weighted by Gasteiger charge is -2.24. The lowest BCUT2D eigenvalue weighted by molar-refractivity contribution is -0.138. The summed E-state index contributed by atoms with van der Waals surface area (Å²) in [7, 11) is 0. The zero-order valence-corrected chi connectivity index (χ0v) is 15.5. The van der Waals surface area contributed by atoms with E-state index in [1.165, 1.54) is 39.0 Å². The molecule has 6 nitrogen and oxygen atoms in total. The Morgan fingerprint density at radius 3 is 2.27 bits per heavy atom. The first kappa shape index (κ1) is 19.9. The maximum atomic E-state index is 12.4. The third-order valence-corrected chi connectivity index (χ3v) is 4.99. The van der Waals surface area contributed by atoms with Gasteiger partial charge >= 0.3 is 5.97 Å². The molecule has 0 saturated heterocycles. The van der Waals surface area contributed by atoms with Gasteiger partial charge in [-0.2, -0.15) is 0 Å². The summed E-state index contributed by atoms with van der Waals surface area (Å²) in [6.45, 7) is 3.36. The second-order valence-corrected chi connectivity index (χ2v) is 7.24. The minimum atomic E-state index is -1.09. The maximum Gasteiger partial charge on any atom is 0.325 e. The fourth-order valence-electron chi connectivity index (χ4n) is 3.34. The van der Waals surface area contributed by atoms with Crippen LogP contribution in [-0.4, -0.2) is 28.9 Å². The summed E-state index contributed by atoms with van der Waals surface area (Å²) in [5.41, 5.74) is 0.986. The third-order valence-electron chi connectivity index (χ3n) is 4.99. The number of carbonyl (C=O) groups is 3. The zero-order chi connectivity index (χ0) is 19.1. The number of benzene rings is 1. The average Bonchev–Trinajstić information content (AvgIpc) is 2.62.